The van der Waals surface area contributed by atoms with Gasteiger partial charge < -0.3 is 30.5 Å². The van der Waals surface area contributed by atoms with Gasteiger partial charge in [0.25, 0.3) is 0 Å². The first kappa shape index (κ1) is 31.6. The van der Waals surface area contributed by atoms with Crippen molar-refractivity contribution in [3.63, 3.8) is 0 Å². The number of aliphatic hydroxyl groups is 2. The van der Waals surface area contributed by atoms with E-state index in [1.807, 2.05) is 27.7 Å². The van der Waals surface area contributed by atoms with Crippen LogP contribution in [-0.4, -0.2) is 83.4 Å². The van der Waals surface area contributed by atoms with Crippen LogP contribution in [0, 0.1) is 29.1 Å². The molecule has 4 N–H and O–H groups in total. The first-order valence-electron chi connectivity index (χ1n) is 14.9. The molecule has 2 unspecified atom stereocenters. The topological polar surface area (TPSA) is 128 Å². The number of morpholine rings is 1. The molecule has 0 radical (unpaired) electrons. The van der Waals surface area contributed by atoms with Crippen molar-refractivity contribution in [2.24, 2.45) is 29.1 Å². The Morgan fingerprint density at radius 2 is 1.69 bits per heavy atom. The molecule has 1 aliphatic heterocycles. The Morgan fingerprint density at radius 3 is 2.28 bits per heavy atom. The van der Waals surface area contributed by atoms with Gasteiger partial charge in [-0.1, -0.05) is 65.9 Å². The summed E-state index contributed by atoms with van der Waals surface area (Å²) in [7, 11) is 0. The van der Waals surface area contributed by atoms with E-state index in [9.17, 15) is 24.6 Å². The fourth-order valence-electron chi connectivity index (χ4n) is 6.47. The van der Waals surface area contributed by atoms with E-state index in [0.29, 0.717) is 45.1 Å². The first-order chi connectivity index (χ1) is 18.5. The normalized spacial score (nSPS) is 26.3. The van der Waals surface area contributed by atoms with Gasteiger partial charge in [-0.2, -0.15) is 0 Å². The molecule has 0 aromatic heterocycles. The van der Waals surface area contributed by atoms with Crippen molar-refractivity contribution in [2.75, 3.05) is 26.3 Å². The zero-order valence-corrected chi connectivity index (χ0v) is 24.4. The number of aliphatic hydroxyl groups excluding tert-OH is 2. The summed E-state index contributed by atoms with van der Waals surface area (Å²) in [4.78, 5) is 41.7. The molecule has 222 valence electrons. The van der Waals surface area contributed by atoms with Gasteiger partial charge in [0.2, 0.25) is 17.7 Å². The Bertz CT molecular complexity index is 850. The Labute approximate surface area is 234 Å². The smallest absolute Gasteiger partial charge is 0.243 e. The molecule has 3 amide bonds. The summed E-state index contributed by atoms with van der Waals surface area (Å²) in [5, 5.41) is 27.6. The number of carbonyl (C=O) groups excluding carboxylic acids is 3. The second kappa shape index (κ2) is 14.1. The molecule has 3 aliphatic rings. The molecule has 1 saturated heterocycles. The maximum Gasteiger partial charge on any atom is 0.243 e. The number of hydrogen-bond donors (Lipinski definition) is 4. The van der Waals surface area contributed by atoms with E-state index >= 15 is 0 Å². The highest BCUT2D eigenvalue weighted by atomic mass is 16.5. The van der Waals surface area contributed by atoms with E-state index in [0.717, 1.165) is 25.7 Å². The van der Waals surface area contributed by atoms with Gasteiger partial charge in [0.15, 0.2) is 0 Å². The van der Waals surface area contributed by atoms with E-state index in [-0.39, 0.29) is 24.2 Å². The molecule has 0 aromatic rings. The minimum absolute atomic E-state index is 0.0389. The number of carbonyl (C=O) groups is 3. The summed E-state index contributed by atoms with van der Waals surface area (Å²) >= 11 is 0. The number of nitrogens with zero attached hydrogens (tertiary/aromatic N) is 1. The molecule has 3 rings (SSSR count). The third kappa shape index (κ3) is 8.27. The molecule has 0 spiro atoms. The van der Waals surface area contributed by atoms with Crippen molar-refractivity contribution in [3.8, 4) is 0 Å². The third-order valence-electron chi connectivity index (χ3n) is 8.89. The van der Waals surface area contributed by atoms with E-state index < -0.39 is 47.4 Å². The highest BCUT2D eigenvalue weighted by Gasteiger charge is 2.66. The molecule has 6 atom stereocenters. The second-order valence-electron chi connectivity index (χ2n) is 12.8. The number of hydrogen-bond acceptors (Lipinski definition) is 6. The first-order valence-corrected chi connectivity index (χ1v) is 14.9. The maximum atomic E-state index is 13.5. The lowest BCUT2D eigenvalue weighted by Gasteiger charge is -2.33. The van der Waals surface area contributed by atoms with Crippen LogP contribution in [0.4, 0.5) is 0 Å². The van der Waals surface area contributed by atoms with Crippen molar-refractivity contribution >= 4 is 17.7 Å². The molecule has 0 aromatic carbocycles. The maximum absolute atomic E-state index is 13.5. The SMILES string of the molecule is C=CC[C@H](NC(=O)C1C(C(=O)N2CCOCC2)C1(C)C)C(=O)N[C@@H](CC1CCCCC1)[C@@H](O)[C@@H](O)CC(C)C. The highest BCUT2D eigenvalue weighted by Crippen LogP contribution is 2.59. The third-order valence-corrected chi connectivity index (χ3v) is 8.89. The molecule has 1 heterocycles. The van der Waals surface area contributed by atoms with Crippen LogP contribution < -0.4 is 10.6 Å². The lowest BCUT2D eigenvalue weighted by atomic mass is 9.82. The average molecular weight is 550 g/mol. The van der Waals surface area contributed by atoms with Crippen LogP contribution in [0.5, 0.6) is 0 Å². The largest absolute Gasteiger partial charge is 0.390 e. The lowest BCUT2D eigenvalue weighted by Crippen LogP contribution is -2.55. The van der Waals surface area contributed by atoms with E-state index in [2.05, 4.69) is 17.2 Å². The number of amides is 3. The molecule has 2 saturated carbocycles. The van der Waals surface area contributed by atoms with Gasteiger partial charge in [-0.15, -0.1) is 6.58 Å². The van der Waals surface area contributed by atoms with Crippen LogP contribution in [-0.2, 0) is 19.1 Å². The van der Waals surface area contributed by atoms with Gasteiger partial charge in [-0.25, -0.2) is 0 Å². The molecular formula is C30H51N3O6. The van der Waals surface area contributed by atoms with Crippen molar-refractivity contribution in [3.05, 3.63) is 12.7 Å². The monoisotopic (exact) mass is 549 g/mol. The fourth-order valence-corrected chi connectivity index (χ4v) is 6.47. The van der Waals surface area contributed by atoms with Crippen molar-refractivity contribution in [2.45, 2.75) is 103 Å². The average Bonchev–Trinajstić information content (AvgIpc) is 3.49. The molecule has 0 bridgehead atoms. The van der Waals surface area contributed by atoms with Crippen LogP contribution in [0.25, 0.3) is 0 Å². The Hall–Kier alpha value is -1.97. The van der Waals surface area contributed by atoms with E-state index in [4.69, 9.17) is 4.74 Å². The predicted octanol–water partition coefficient (Wildman–Crippen LogP) is 2.40. The van der Waals surface area contributed by atoms with Crippen LogP contribution in [0.2, 0.25) is 0 Å². The van der Waals surface area contributed by atoms with Crippen LogP contribution >= 0.6 is 0 Å². The molecule has 2 aliphatic carbocycles. The van der Waals surface area contributed by atoms with E-state index in [1.165, 1.54) is 6.42 Å². The van der Waals surface area contributed by atoms with Crippen molar-refractivity contribution in [1.82, 2.24) is 15.5 Å². The molecule has 39 heavy (non-hydrogen) atoms. The summed E-state index contributed by atoms with van der Waals surface area (Å²) in [6.45, 7) is 13.6. The zero-order chi connectivity index (χ0) is 28.7. The minimum atomic E-state index is -1.10. The van der Waals surface area contributed by atoms with Gasteiger partial charge in [-0.05, 0) is 36.5 Å². The second-order valence-corrected chi connectivity index (χ2v) is 12.8. The van der Waals surface area contributed by atoms with Gasteiger partial charge in [0, 0.05) is 13.1 Å². The number of nitrogens with one attached hydrogen (secondary N) is 2. The van der Waals surface area contributed by atoms with Crippen molar-refractivity contribution < 1.29 is 29.3 Å². The minimum Gasteiger partial charge on any atom is -0.390 e. The van der Waals surface area contributed by atoms with Crippen molar-refractivity contribution in [1.29, 1.82) is 0 Å². The number of rotatable bonds is 13. The Kier molecular flexibility index (Phi) is 11.4. The van der Waals surface area contributed by atoms with Gasteiger partial charge >= 0.3 is 0 Å². The summed E-state index contributed by atoms with van der Waals surface area (Å²) in [6.07, 6.45) is 6.31. The fraction of sp³-hybridized carbons (Fsp3) is 0.833. The molecular weight excluding hydrogens is 498 g/mol. The zero-order valence-electron chi connectivity index (χ0n) is 24.4. The van der Waals surface area contributed by atoms with Gasteiger partial charge in [0.1, 0.15) is 12.1 Å². The van der Waals surface area contributed by atoms with Gasteiger partial charge in [-0.3, -0.25) is 14.4 Å². The predicted molar refractivity (Wildman–Crippen MR) is 149 cm³/mol. The highest BCUT2D eigenvalue weighted by molar-refractivity contribution is 5.96. The van der Waals surface area contributed by atoms with Gasteiger partial charge in [0.05, 0.1) is 37.2 Å². The Balaban J connectivity index is 1.67. The van der Waals surface area contributed by atoms with Crippen LogP contribution in [0.15, 0.2) is 12.7 Å². The number of ether oxygens (including phenoxy) is 1. The molecule has 9 nitrogen and oxygen atoms in total. The van der Waals surface area contributed by atoms with Crippen LogP contribution in [0.1, 0.15) is 79.1 Å². The quantitative estimate of drug-likeness (QED) is 0.261. The van der Waals surface area contributed by atoms with E-state index in [1.54, 1.807) is 11.0 Å². The Morgan fingerprint density at radius 1 is 1.05 bits per heavy atom. The summed E-state index contributed by atoms with van der Waals surface area (Å²) in [5.41, 5.74) is -0.505. The molecule has 9 heteroatoms. The summed E-state index contributed by atoms with van der Waals surface area (Å²) in [6, 6.07) is -1.50. The summed E-state index contributed by atoms with van der Waals surface area (Å²) < 4.78 is 5.35. The van der Waals surface area contributed by atoms with Crippen LogP contribution in [0.3, 0.4) is 0 Å². The lowest BCUT2D eigenvalue weighted by molar-refractivity contribution is -0.138. The standard InChI is InChI=1S/C30H51N3O6/c1-6-10-21(31-28(37)24-25(30(24,4)5)29(38)33-13-15-39-16-14-33)27(36)32-22(18-20-11-8-7-9-12-20)26(35)23(34)17-19(2)3/h6,19-26,34-35H,1,7-18H2,2-5H3,(H,31,37)(H,32,36)/t21-,22-,23-,24?,25?,26+/m0/s1. The molecule has 3 fully saturated rings. The summed E-state index contributed by atoms with van der Waals surface area (Å²) in [5.74, 6) is -1.16.